The van der Waals surface area contributed by atoms with Crippen molar-refractivity contribution in [2.45, 2.75) is 43.7 Å². The summed E-state index contributed by atoms with van der Waals surface area (Å²) in [6.45, 7) is 0. The molecule has 1 fully saturated rings. The van der Waals surface area contributed by atoms with Gasteiger partial charge in [-0.2, -0.15) is 13.2 Å². The van der Waals surface area contributed by atoms with E-state index in [-0.39, 0.29) is 24.1 Å². The highest BCUT2D eigenvalue weighted by molar-refractivity contribution is 6.20. The molecule has 0 nitrogen and oxygen atoms in total. The highest BCUT2D eigenvalue weighted by Crippen LogP contribution is 2.42. The quantitative estimate of drug-likeness (QED) is 0.671. The molecule has 0 radical (unpaired) electrons. The van der Waals surface area contributed by atoms with E-state index in [0.717, 1.165) is 12.0 Å². The predicted octanol–water partition coefficient (Wildman–Crippen LogP) is 5.21. The maximum Gasteiger partial charge on any atom is 0.391 e. The van der Waals surface area contributed by atoms with Crippen molar-refractivity contribution >= 4 is 11.6 Å². The summed E-state index contributed by atoms with van der Waals surface area (Å²) in [6, 6.07) is 9.72. The zero-order chi connectivity index (χ0) is 13.9. The first kappa shape index (κ1) is 14.7. The topological polar surface area (TPSA) is 0 Å². The monoisotopic (exact) mass is 290 g/mol. The SMILES string of the molecule is FC(F)(F)C1CCCC(C(Cl)Cc2ccccc2)C1. The van der Waals surface area contributed by atoms with Gasteiger partial charge in [-0.3, -0.25) is 0 Å². The van der Waals surface area contributed by atoms with Gasteiger partial charge in [0.05, 0.1) is 5.92 Å². The van der Waals surface area contributed by atoms with Gasteiger partial charge >= 0.3 is 6.18 Å². The Bertz CT molecular complexity index is 388. The molecule has 1 aromatic carbocycles. The van der Waals surface area contributed by atoms with Gasteiger partial charge in [0.1, 0.15) is 0 Å². The third-order valence-corrected chi connectivity index (χ3v) is 4.47. The third-order valence-electron chi connectivity index (χ3n) is 3.96. The maximum absolute atomic E-state index is 12.8. The largest absolute Gasteiger partial charge is 0.391 e. The normalized spacial score (nSPS) is 26.1. The van der Waals surface area contributed by atoms with Crippen LogP contribution in [-0.2, 0) is 6.42 Å². The van der Waals surface area contributed by atoms with E-state index < -0.39 is 12.1 Å². The Labute approximate surface area is 117 Å². The average molecular weight is 291 g/mol. The second-order valence-corrected chi connectivity index (χ2v) is 5.93. The summed E-state index contributed by atoms with van der Waals surface area (Å²) in [5, 5.41) is -0.201. The highest BCUT2D eigenvalue weighted by Gasteiger charge is 2.43. The molecule has 1 aliphatic rings. The number of benzene rings is 1. The van der Waals surface area contributed by atoms with Crippen LogP contribution in [0.5, 0.6) is 0 Å². The Hall–Kier alpha value is -0.700. The van der Waals surface area contributed by atoms with E-state index in [1.807, 2.05) is 30.3 Å². The molecule has 1 aromatic rings. The first-order valence-corrected chi connectivity index (χ1v) is 7.15. The van der Waals surface area contributed by atoms with Gasteiger partial charge in [-0.25, -0.2) is 0 Å². The lowest BCUT2D eigenvalue weighted by Crippen LogP contribution is -2.32. The first-order valence-electron chi connectivity index (χ1n) is 6.71. The van der Waals surface area contributed by atoms with Crippen molar-refractivity contribution in [2.75, 3.05) is 0 Å². The second kappa shape index (κ2) is 6.17. The number of rotatable bonds is 3. The molecule has 1 saturated carbocycles. The summed E-state index contributed by atoms with van der Waals surface area (Å²) < 4.78 is 38.3. The fraction of sp³-hybridized carbons (Fsp3) is 0.600. The molecule has 0 aliphatic heterocycles. The first-order chi connectivity index (χ1) is 8.97. The van der Waals surface area contributed by atoms with Crippen molar-refractivity contribution < 1.29 is 13.2 Å². The Morgan fingerprint density at radius 2 is 1.84 bits per heavy atom. The molecule has 0 N–H and O–H groups in total. The summed E-state index contributed by atoms with van der Waals surface area (Å²) in [7, 11) is 0. The van der Waals surface area contributed by atoms with Crippen molar-refractivity contribution in [3.05, 3.63) is 35.9 Å². The van der Waals surface area contributed by atoms with Gasteiger partial charge in [-0.15, -0.1) is 11.6 Å². The van der Waals surface area contributed by atoms with Crippen molar-refractivity contribution in [1.82, 2.24) is 0 Å². The van der Waals surface area contributed by atoms with Crippen LogP contribution in [-0.4, -0.2) is 11.6 Å². The smallest absolute Gasteiger partial charge is 0.171 e. The fourth-order valence-corrected chi connectivity index (χ4v) is 3.27. The van der Waals surface area contributed by atoms with E-state index in [1.165, 1.54) is 0 Å². The lowest BCUT2D eigenvalue weighted by Gasteiger charge is -2.33. The lowest BCUT2D eigenvalue weighted by atomic mass is 9.78. The molecule has 1 aliphatic carbocycles. The molecule has 0 heterocycles. The van der Waals surface area contributed by atoms with Gasteiger partial charge in [0, 0.05) is 5.38 Å². The van der Waals surface area contributed by atoms with Crippen LogP contribution >= 0.6 is 11.6 Å². The Morgan fingerprint density at radius 1 is 1.16 bits per heavy atom. The van der Waals surface area contributed by atoms with Gasteiger partial charge in [0.15, 0.2) is 0 Å². The maximum atomic E-state index is 12.8. The molecular formula is C15H18ClF3. The van der Waals surface area contributed by atoms with E-state index in [2.05, 4.69) is 0 Å². The van der Waals surface area contributed by atoms with Crippen LogP contribution in [0, 0.1) is 11.8 Å². The molecular weight excluding hydrogens is 273 g/mol. The van der Waals surface area contributed by atoms with Crippen LogP contribution in [0.15, 0.2) is 30.3 Å². The molecule has 3 atom stereocenters. The standard InChI is InChI=1S/C15H18ClF3/c16-14(9-11-5-2-1-3-6-11)12-7-4-8-13(10-12)15(17,18)19/h1-3,5-6,12-14H,4,7-10H2. The van der Waals surface area contributed by atoms with E-state index in [9.17, 15) is 13.2 Å². The van der Waals surface area contributed by atoms with Gasteiger partial charge in [0.2, 0.25) is 0 Å². The van der Waals surface area contributed by atoms with Gasteiger partial charge in [-0.05, 0) is 37.2 Å². The van der Waals surface area contributed by atoms with Crippen LogP contribution in [0.3, 0.4) is 0 Å². The zero-order valence-corrected chi connectivity index (χ0v) is 11.4. The van der Waals surface area contributed by atoms with Crippen molar-refractivity contribution in [1.29, 1.82) is 0 Å². The molecule has 0 spiro atoms. The summed E-state index contributed by atoms with van der Waals surface area (Å²) in [5.74, 6) is -1.19. The number of hydrogen-bond acceptors (Lipinski definition) is 0. The number of hydrogen-bond donors (Lipinski definition) is 0. The number of alkyl halides is 4. The summed E-state index contributed by atoms with van der Waals surface area (Å²) >= 11 is 6.34. The van der Waals surface area contributed by atoms with Gasteiger partial charge in [0.25, 0.3) is 0 Å². The second-order valence-electron chi connectivity index (χ2n) is 5.37. The fourth-order valence-electron chi connectivity index (χ4n) is 2.86. The van der Waals surface area contributed by atoms with Crippen LogP contribution in [0.1, 0.15) is 31.2 Å². The molecule has 3 unspecified atom stereocenters. The van der Waals surface area contributed by atoms with Crippen molar-refractivity contribution in [2.24, 2.45) is 11.8 Å². The molecule has 0 aromatic heterocycles. The van der Waals surface area contributed by atoms with E-state index in [0.29, 0.717) is 12.8 Å². The molecule has 4 heteroatoms. The zero-order valence-electron chi connectivity index (χ0n) is 10.7. The number of halogens is 4. The highest BCUT2D eigenvalue weighted by atomic mass is 35.5. The van der Waals surface area contributed by atoms with E-state index in [1.54, 1.807) is 0 Å². The van der Waals surface area contributed by atoms with Crippen LogP contribution in [0.2, 0.25) is 0 Å². The molecule has 106 valence electrons. The van der Waals surface area contributed by atoms with Gasteiger partial charge in [-0.1, -0.05) is 36.8 Å². The van der Waals surface area contributed by atoms with Crippen molar-refractivity contribution in [3.8, 4) is 0 Å². The minimum Gasteiger partial charge on any atom is -0.171 e. The minimum atomic E-state index is -4.07. The minimum absolute atomic E-state index is 0.0257. The van der Waals surface area contributed by atoms with Crippen LogP contribution in [0.4, 0.5) is 13.2 Å². The molecule has 19 heavy (non-hydrogen) atoms. The Kier molecular flexibility index (Phi) is 4.77. The molecule has 0 bridgehead atoms. The Balaban J connectivity index is 1.94. The predicted molar refractivity (Wildman–Crippen MR) is 71.3 cm³/mol. The summed E-state index contributed by atoms with van der Waals surface area (Å²) in [6.07, 6.45) is -1.53. The Morgan fingerprint density at radius 3 is 2.47 bits per heavy atom. The third kappa shape index (κ3) is 4.13. The lowest BCUT2D eigenvalue weighted by molar-refractivity contribution is -0.185. The van der Waals surface area contributed by atoms with E-state index >= 15 is 0 Å². The summed E-state index contributed by atoms with van der Waals surface area (Å²) in [5.41, 5.74) is 1.09. The summed E-state index contributed by atoms with van der Waals surface area (Å²) in [4.78, 5) is 0. The average Bonchev–Trinajstić information content (AvgIpc) is 2.39. The van der Waals surface area contributed by atoms with Crippen LogP contribution < -0.4 is 0 Å². The molecule has 2 rings (SSSR count). The molecule has 0 amide bonds. The van der Waals surface area contributed by atoms with Crippen molar-refractivity contribution in [3.63, 3.8) is 0 Å². The van der Waals surface area contributed by atoms with Gasteiger partial charge < -0.3 is 0 Å². The van der Waals surface area contributed by atoms with E-state index in [4.69, 9.17) is 11.6 Å². The van der Waals surface area contributed by atoms with Crippen LogP contribution in [0.25, 0.3) is 0 Å². The molecule has 0 saturated heterocycles.